The largest absolute Gasteiger partial charge is 0.469 e. The second-order valence-corrected chi connectivity index (χ2v) is 2.32. The molecule has 1 aromatic rings. The normalized spacial score (nSPS) is 13.6. The first-order chi connectivity index (χ1) is 4.34. The zero-order valence-corrected chi connectivity index (χ0v) is 5.92. The van der Waals surface area contributed by atoms with Gasteiger partial charge in [0, 0.05) is 5.92 Å². The minimum atomic E-state index is 0.569. The fourth-order valence-electron chi connectivity index (χ4n) is 0.773. The smallest absolute Gasteiger partial charge is 0.106 e. The Kier molecular flexibility index (Phi) is 1.93. The minimum Gasteiger partial charge on any atom is -0.469 e. The summed E-state index contributed by atoms with van der Waals surface area (Å²) in [6, 6.07) is 3.95. The van der Waals surface area contributed by atoms with E-state index in [1.54, 1.807) is 6.26 Å². The van der Waals surface area contributed by atoms with Gasteiger partial charge in [-0.1, -0.05) is 13.8 Å². The Morgan fingerprint density at radius 3 is 2.89 bits per heavy atom. The average Bonchev–Trinajstić information content (AvgIpc) is 2.37. The van der Waals surface area contributed by atoms with Crippen molar-refractivity contribution in [1.29, 1.82) is 0 Å². The van der Waals surface area contributed by atoms with Gasteiger partial charge in [0.25, 0.3) is 0 Å². The summed E-state index contributed by atoms with van der Waals surface area (Å²) < 4.78 is 5.19. The monoisotopic (exact) mass is 124 g/mol. The molecule has 1 nitrogen and oxygen atoms in total. The number of hydrogen-bond donors (Lipinski definition) is 0. The third-order valence-electron chi connectivity index (χ3n) is 1.64. The van der Waals surface area contributed by atoms with Crippen LogP contribution in [-0.2, 0) is 0 Å². The maximum atomic E-state index is 5.19. The first-order valence-electron chi connectivity index (χ1n) is 3.38. The van der Waals surface area contributed by atoms with Gasteiger partial charge in [-0.05, 0) is 18.6 Å². The van der Waals surface area contributed by atoms with Crippen LogP contribution in [0.3, 0.4) is 0 Å². The molecule has 1 rings (SSSR count). The van der Waals surface area contributed by atoms with Gasteiger partial charge >= 0.3 is 0 Å². The van der Waals surface area contributed by atoms with E-state index in [4.69, 9.17) is 4.42 Å². The van der Waals surface area contributed by atoms with Crippen molar-refractivity contribution in [1.82, 2.24) is 0 Å². The molecule has 0 bridgehead atoms. The topological polar surface area (TPSA) is 13.1 Å². The third kappa shape index (κ3) is 1.35. The molecule has 50 valence electrons. The van der Waals surface area contributed by atoms with E-state index >= 15 is 0 Å². The van der Waals surface area contributed by atoms with Gasteiger partial charge in [0.1, 0.15) is 5.76 Å². The van der Waals surface area contributed by atoms with Gasteiger partial charge in [-0.15, -0.1) is 0 Å². The van der Waals surface area contributed by atoms with Gasteiger partial charge in [-0.3, -0.25) is 0 Å². The molecule has 0 aromatic carbocycles. The Morgan fingerprint density at radius 2 is 2.44 bits per heavy atom. The van der Waals surface area contributed by atoms with E-state index in [0.29, 0.717) is 5.92 Å². The molecule has 0 radical (unpaired) electrons. The SMILES string of the molecule is CC[C@H](C)c1ccco1. The van der Waals surface area contributed by atoms with Crippen LogP contribution in [0, 0.1) is 0 Å². The molecule has 0 fully saturated rings. The van der Waals surface area contributed by atoms with E-state index < -0.39 is 0 Å². The van der Waals surface area contributed by atoms with Crippen LogP contribution in [0.2, 0.25) is 0 Å². The van der Waals surface area contributed by atoms with Crippen molar-refractivity contribution in [3.8, 4) is 0 Å². The Labute approximate surface area is 55.7 Å². The molecule has 9 heavy (non-hydrogen) atoms. The molecule has 0 N–H and O–H groups in total. The van der Waals surface area contributed by atoms with Crippen molar-refractivity contribution in [3.63, 3.8) is 0 Å². The third-order valence-corrected chi connectivity index (χ3v) is 1.64. The summed E-state index contributed by atoms with van der Waals surface area (Å²) in [6.07, 6.45) is 2.87. The second kappa shape index (κ2) is 2.72. The number of furan rings is 1. The highest BCUT2D eigenvalue weighted by Gasteiger charge is 2.02. The lowest BCUT2D eigenvalue weighted by Crippen LogP contribution is -1.85. The number of hydrogen-bond acceptors (Lipinski definition) is 1. The van der Waals surface area contributed by atoms with Crippen LogP contribution in [0.1, 0.15) is 31.9 Å². The summed E-state index contributed by atoms with van der Waals surface area (Å²) in [7, 11) is 0. The van der Waals surface area contributed by atoms with Crippen molar-refractivity contribution < 1.29 is 4.42 Å². The zero-order valence-electron chi connectivity index (χ0n) is 5.92. The second-order valence-electron chi connectivity index (χ2n) is 2.32. The van der Waals surface area contributed by atoms with Crippen LogP contribution in [-0.4, -0.2) is 0 Å². The van der Waals surface area contributed by atoms with E-state index in [-0.39, 0.29) is 0 Å². The van der Waals surface area contributed by atoms with E-state index in [9.17, 15) is 0 Å². The minimum absolute atomic E-state index is 0.569. The molecule has 0 unspecified atom stereocenters. The van der Waals surface area contributed by atoms with Crippen LogP contribution >= 0.6 is 0 Å². The molecule has 0 saturated carbocycles. The van der Waals surface area contributed by atoms with Crippen LogP contribution in [0.5, 0.6) is 0 Å². The molecule has 0 saturated heterocycles. The highest BCUT2D eigenvalue weighted by molar-refractivity contribution is 5.03. The number of rotatable bonds is 2. The highest BCUT2D eigenvalue weighted by atomic mass is 16.3. The summed E-state index contributed by atoms with van der Waals surface area (Å²) in [5.74, 6) is 1.66. The molecular weight excluding hydrogens is 112 g/mol. The summed E-state index contributed by atoms with van der Waals surface area (Å²) in [6.45, 7) is 4.33. The van der Waals surface area contributed by atoms with Gasteiger partial charge < -0.3 is 4.42 Å². The van der Waals surface area contributed by atoms with Gasteiger partial charge in [-0.25, -0.2) is 0 Å². The Hall–Kier alpha value is -0.720. The molecule has 1 heterocycles. The van der Waals surface area contributed by atoms with Crippen molar-refractivity contribution >= 4 is 0 Å². The fourth-order valence-corrected chi connectivity index (χ4v) is 0.773. The standard InChI is InChI=1S/C8H12O/c1-3-7(2)8-5-4-6-9-8/h4-7H,3H2,1-2H3/t7-/m0/s1. The van der Waals surface area contributed by atoms with Crippen molar-refractivity contribution in [2.45, 2.75) is 26.2 Å². The summed E-state index contributed by atoms with van der Waals surface area (Å²) >= 11 is 0. The summed E-state index contributed by atoms with van der Waals surface area (Å²) in [4.78, 5) is 0. The lowest BCUT2D eigenvalue weighted by molar-refractivity contribution is 0.469. The molecular formula is C8H12O. The van der Waals surface area contributed by atoms with Gasteiger partial charge in [0.05, 0.1) is 6.26 Å². The molecule has 1 atom stereocenters. The van der Waals surface area contributed by atoms with E-state index in [1.807, 2.05) is 12.1 Å². The predicted molar refractivity (Wildman–Crippen MR) is 37.4 cm³/mol. The van der Waals surface area contributed by atoms with Crippen LogP contribution in [0.25, 0.3) is 0 Å². The van der Waals surface area contributed by atoms with Gasteiger partial charge in [0.15, 0.2) is 0 Å². The van der Waals surface area contributed by atoms with Crippen molar-refractivity contribution in [2.75, 3.05) is 0 Å². The van der Waals surface area contributed by atoms with Gasteiger partial charge in [-0.2, -0.15) is 0 Å². The van der Waals surface area contributed by atoms with Crippen LogP contribution in [0.4, 0.5) is 0 Å². The predicted octanol–water partition coefficient (Wildman–Crippen LogP) is 2.79. The van der Waals surface area contributed by atoms with Crippen LogP contribution in [0.15, 0.2) is 22.8 Å². The maximum Gasteiger partial charge on any atom is 0.106 e. The molecule has 1 heteroatoms. The van der Waals surface area contributed by atoms with Crippen LogP contribution < -0.4 is 0 Å². The molecule has 0 aliphatic carbocycles. The molecule has 0 aliphatic rings. The highest BCUT2D eigenvalue weighted by Crippen LogP contribution is 2.17. The average molecular weight is 124 g/mol. The Morgan fingerprint density at radius 1 is 1.67 bits per heavy atom. The summed E-state index contributed by atoms with van der Waals surface area (Å²) in [5.41, 5.74) is 0. The first kappa shape index (κ1) is 6.40. The van der Waals surface area contributed by atoms with Crippen molar-refractivity contribution in [3.05, 3.63) is 24.2 Å². The Balaban J connectivity index is 2.65. The Bertz CT molecular complexity index is 153. The fraction of sp³-hybridized carbons (Fsp3) is 0.500. The lowest BCUT2D eigenvalue weighted by atomic mass is 10.1. The van der Waals surface area contributed by atoms with Gasteiger partial charge in [0.2, 0.25) is 0 Å². The molecule has 0 spiro atoms. The zero-order chi connectivity index (χ0) is 6.69. The first-order valence-corrected chi connectivity index (χ1v) is 3.38. The quantitative estimate of drug-likeness (QED) is 0.590. The molecule has 0 aliphatic heterocycles. The van der Waals surface area contributed by atoms with E-state index in [2.05, 4.69) is 13.8 Å². The van der Waals surface area contributed by atoms with E-state index in [1.165, 1.54) is 0 Å². The van der Waals surface area contributed by atoms with E-state index in [0.717, 1.165) is 12.2 Å². The summed E-state index contributed by atoms with van der Waals surface area (Å²) in [5, 5.41) is 0. The maximum absolute atomic E-state index is 5.19. The molecule has 0 amide bonds. The lowest BCUT2D eigenvalue weighted by Gasteiger charge is -2.01. The van der Waals surface area contributed by atoms with Crippen molar-refractivity contribution in [2.24, 2.45) is 0 Å². The molecule has 1 aromatic heterocycles.